The Kier molecular flexibility index (Phi) is 3.85. The lowest BCUT2D eigenvalue weighted by atomic mass is 10.00. The molecule has 0 spiro atoms. The second-order valence-electron chi connectivity index (χ2n) is 4.82. The van der Waals surface area contributed by atoms with Crippen LogP contribution in [0.2, 0.25) is 0 Å². The lowest BCUT2D eigenvalue weighted by molar-refractivity contribution is -0.215. The van der Waals surface area contributed by atoms with E-state index < -0.39 is 12.1 Å². The van der Waals surface area contributed by atoms with Gasteiger partial charge in [0.1, 0.15) is 6.10 Å². The molecule has 0 bridgehead atoms. The van der Waals surface area contributed by atoms with Crippen molar-refractivity contribution < 1.29 is 24.1 Å². The van der Waals surface area contributed by atoms with Gasteiger partial charge < -0.3 is 24.1 Å². The summed E-state index contributed by atoms with van der Waals surface area (Å²) in [6.45, 7) is 8.19. The van der Waals surface area contributed by atoms with Gasteiger partial charge in [0.2, 0.25) is 0 Å². The SMILES string of the molecule is C=CCOC[C@H]1[C@H]2OC(C)(C)O[C@H]2O[C@@H]1CO. The molecule has 2 aliphatic rings. The molecule has 0 saturated carbocycles. The number of aliphatic hydroxyl groups excluding tert-OH is 1. The molecular weight excluding hydrogens is 224 g/mol. The van der Waals surface area contributed by atoms with E-state index in [1.807, 2.05) is 13.8 Å². The average Bonchev–Trinajstić information content (AvgIpc) is 2.72. The van der Waals surface area contributed by atoms with Gasteiger partial charge in [0.25, 0.3) is 0 Å². The van der Waals surface area contributed by atoms with Crippen LogP contribution in [0.25, 0.3) is 0 Å². The van der Waals surface area contributed by atoms with Crippen LogP contribution in [0, 0.1) is 5.92 Å². The summed E-state index contributed by atoms with van der Waals surface area (Å²) < 4.78 is 22.4. The highest BCUT2D eigenvalue weighted by molar-refractivity contribution is 4.92. The summed E-state index contributed by atoms with van der Waals surface area (Å²) in [5.41, 5.74) is 0. The molecule has 98 valence electrons. The smallest absolute Gasteiger partial charge is 0.188 e. The summed E-state index contributed by atoms with van der Waals surface area (Å²) in [5.74, 6) is -0.640. The van der Waals surface area contributed by atoms with Gasteiger partial charge in [0.15, 0.2) is 12.1 Å². The van der Waals surface area contributed by atoms with Crippen LogP contribution >= 0.6 is 0 Å². The Morgan fingerprint density at radius 2 is 2.18 bits per heavy atom. The first-order valence-electron chi connectivity index (χ1n) is 5.88. The van der Waals surface area contributed by atoms with Gasteiger partial charge in [-0.25, -0.2) is 0 Å². The van der Waals surface area contributed by atoms with E-state index in [9.17, 15) is 5.11 Å². The Balaban J connectivity index is 1.97. The minimum absolute atomic E-state index is 0.00766. The number of hydrogen-bond donors (Lipinski definition) is 1. The van der Waals surface area contributed by atoms with Gasteiger partial charge in [-0.05, 0) is 13.8 Å². The molecule has 2 saturated heterocycles. The van der Waals surface area contributed by atoms with Crippen LogP contribution in [-0.2, 0) is 18.9 Å². The van der Waals surface area contributed by atoms with Gasteiger partial charge in [-0.2, -0.15) is 0 Å². The van der Waals surface area contributed by atoms with Crippen molar-refractivity contribution in [3.05, 3.63) is 12.7 Å². The Morgan fingerprint density at radius 1 is 1.41 bits per heavy atom. The molecule has 0 aromatic carbocycles. The van der Waals surface area contributed by atoms with E-state index >= 15 is 0 Å². The normalized spacial score (nSPS) is 39.2. The summed E-state index contributed by atoms with van der Waals surface area (Å²) in [4.78, 5) is 0. The third kappa shape index (κ3) is 2.69. The molecule has 5 heteroatoms. The number of fused-ring (bicyclic) bond motifs is 1. The van der Waals surface area contributed by atoms with E-state index in [2.05, 4.69) is 6.58 Å². The summed E-state index contributed by atoms with van der Waals surface area (Å²) in [7, 11) is 0. The molecule has 0 aromatic rings. The Hall–Kier alpha value is -0.460. The van der Waals surface area contributed by atoms with Gasteiger partial charge in [0, 0.05) is 5.92 Å². The van der Waals surface area contributed by atoms with Crippen LogP contribution < -0.4 is 0 Å². The molecule has 17 heavy (non-hydrogen) atoms. The molecule has 0 aliphatic carbocycles. The van der Waals surface area contributed by atoms with Crippen molar-refractivity contribution in [1.82, 2.24) is 0 Å². The Bertz CT molecular complexity index is 278. The fourth-order valence-electron chi connectivity index (χ4n) is 2.31. The van der Waals surface area contributed by atoms with Gasteiger partial charge in [-0.15, -0.1) is 6.58 Å². The van der Waals surface area contributed by atoms with Crippen molar-refractivity contribution in [2.24, 2.45) is 5.92 Å². The molecule has 2 aliphatic heterocycles. The molecule has 2 fully saturated rings. The predicted molar refractivity (Wildman–Crippen MR) is 60.3 cm³/mol. The van der Waals surface area contributed by atoms with E-state index in [-0.39, 0.29) is 24.7 Å². The first-order valence-corrected chi connectivity index (χ1v) is 5.88. The number of ether oxygens (including phenoxy) is 4. The van der Waals surface area contributed by atoms with E-state index in [1.54, 1.807) is 6.08 Å². The fraction of sp³-hybridized carbons (Fsp3) is 0.833. The largest absolute Gasteiger partial charge is 0.394 e. The summed E-state index contributed by atoms with van der Waals surface area (Å²) in [5, 5.41) is 9.27. The van der Waals surface area contributed by atoms with Gasteiger partial charge in [-0.3, -0.25) is 0 Å². The molecule has 1 N–H and O–H groups in total. The van der Waals surface area contributed by atoms with Crippen molar-refractivity contribution in [1.29, 1.82) is 0 Å². The van der Waals surface area contributed by atoms with E-state index in [0.29, 0.717) is 13.2 Å². The highest BCUT2D eigenvalue weighted by atomic mass is 16.8. The second kappa shape index (κ2) is 5.04. The summed E-state index contributed by atoms with van der Waals surface area (Å²) in [6.07, 6.45) is 0.828. The van der Waals surface area contributed by atoms with Gasteiger partial charge >= 0.3 is 0 Å². The quantitative estimate of drug-likeness (QED) is 0.569. The maximum atomic E-state index is 9.27. The fourth-order valence-corrected chi connectivity index (χ4v) is 2.31. The zero-order valence-corrected chi connectivity index (χ0v) is 10.3. The molecule has 0 amide bonds. The zero-order valence-electron chi connectivity index (χ0n) is 10.3. The summed E-state index contributed by atoms with van der Waals surface area (Å²) >= 11 is 0. The molecule has 4 atom stereocenters. The molecule has 2 rings (SSSR count). The third-order valence-electron chi connectivity index (χ3n) is 3.02. The standard InChI is InChI=1S/C12H20O5/c1-4-5-14-7-8-9(6-13)15-11-10(8)16-12(2,3)17-11/h4,8-11,13H,1,5-7H2,2-3H3/t8-,9-,10-,11-/m1/s1. The van der Waals surface area contributed by atoms with E-state index in [1.165, 1.54) is 0 Å². The van der Waals surface area contributed by atoms with Crippen LogP contribution in [0.3, 0.4) is 0 Å². The molecular formula is C12H20O5. The van der Waals surface area contributed by atoms with Gasteiger partial charge in [-0.1, -0.05) is 6.08 Å². The minimum atomic E-state index is -0.632. The van der Waals surface area contributed by atoms with Crippen molar-refractivity contribution in [3.63, 3.8) is 0 Å². The third-order valence-corrected chi connectivity index (χ3v) is 3.02. The van der Waals surface area contributed by atoms with Crippen molar-refractivity contribution in [2.75, 3.05) is 19.8 Å². The summed E-state index contributed by atoms with van der Waals surface area (Å²) in [6, 6.07) is 0. The van der Waals surface area contributed by atoms with Crippen molar-refractivity contribution >= 4 is 0 Å². The molecule has 2 heterocycles. The lowest BCUT2D eigenvalue weighted by Crippen LogP contribution is -2.34. The maximum absolute atomic E-state index is 9.27. The highest BCUT2D eigenvalue weighted by Gasteiger charge is 2.54. The zero-order chi connectivity index (χ0) is 12.5. The van der Waals surface area contributed by atoms with Crippen LogP contribution in [0.5, 0.6) is 0 Å². The minimum Gasteiger partial charge on any atom is -0.394 e. The first-order chi connectivity index (χ1) is 8.07. The van der Waals surface area contributed by atoms with Crippen molar-refractivity contribution in [3.8, 4) is 0 Å². The monoisotopic (exact) mass is 244 g/mol. The van der Waals surface area contributed by atoms with E-state index in [4.69, 9.17) is 18.9 Å². The number of aliphatic hydroxyl groups is 1. The van der Waals surface area contributed by atoms with Crippen molar-refractivity contribution in [2.45, 2.75) is 38.1 Å². The first kappa shape index (κ1) is 13.0. The molecule has 0 aromatic heterocycles. The average molecular weight is 244 g/mol. The second-order valence-corrected chi connectivity index (χ2v) is 4.82. The van der Waals surface area contributed by atoms with Crippen LogP contribution in [0.15, 0.2) is 12.7 Å². The Morgan fingerprint density at radius 3 is 2.82 bits per heavy atom. The maximum Gasteiger partial charge on any atom is 0.188 e. The predicted octanol–water partition coefficient (Wildman–Crippen LogP) is 0.674. The van der Waals surface area contributed by atoms with E-state index in [0.717, 1.165) is 0 Å². The number of hydrogen-bond acceptors (Lipinski definition) is 5. The lowest BCUT2D eigenvalue weighted by Gasteiger charge is -2.24. The van der Waals surface area contributed by atoms with Gasteiger partial charge in [0.05, 0.1) is 25.9 Å². The number of rotatable bonds is 5. The molecule has 0 unspecified atom stereocenters. The Labute approximate surface area is 101 Å². The molecule has 5 nitrogen and oxygen atoms in total. The van der Waals surface area contributed by atoms with Crippen LogP contribution in [0.4, 0.5) is 0 Å². The van der Waals surface area contributed by atoms with Crippen LogP contribution in [-0.4, -0.2) is 49.2 Å². The topological polar surface area (TPSA) is 57.2 Å². The molecule has 0 radical (unpaired) electrons. The van der Waals surface area contributed by atoms with Crippen LogP contribution in [0.1, 0.15) is 13.8 Å². The highest BCUT2D eigenvalue weighted by Crippen LogP contribution is 2.40.